The summed E-state index contributed by atoms with van der Waals surface area (Å²) in [6.07, 6.45) is 0.925. The second-order valence-corrected chi connectivity index (χ2v) is 4.95. The van der Waals surface area contributed by atoms with Crippen LogP contribution in [0.25, 0.3) is 0 Å². The molecule has 1 aliphatic heterocycles. The minimum atomic E-state index is -3.19. The van der Waals surface area contributed by atoms with Gasteiger partial charge in [0.25, 0.3) is 0 Å². The summed E-state index contributed by atoms with van der Waals surface area (Å²) in [6.45, 7) is 3.11. The first kappa shape index (κ1) is 11.2. The van der Waals surface area contributed by atoms with Crippen LogP contribution in [0.4, 0.5) is 0 Å². The fraction of sp³-hybridized carbons (Fsp3) is 1.00. The minimum Gasteiger partial charge on any atom is -0.377 e. The first-order valence-electron chi connectivity index (χ1n) is 3.05. The molecule has 6 heteroatoms. The molecule has 0 unspecified atom stereocenters. The highest BCUT2D eigenvalue weighted by molar-refractivity contribution is 8.13. The first-order chi connectivity index (χ1) is 5.00. The van der Waals surface area contributed by atoms with Gasteiger partial charge >= 0.3 is 0 Å². The van der Waals surface area contributed by atoms with Gasteiger partial charge in [-0.05, 0) is 0 Å². The summed E-state index contributed by atoms with van der Waals surface area (Å²) in [4.78, 5) is 0. The molecule has 0 saturated carbocycles. The Bertz CT molecular complexity index is 153. The highest BCUT2D eigenvalue weighted by atomic mass is 35.7. The Labute approximate surface area is 70.9 Å². The third-order valence-electron chi connectivity index (χ3n) is 0.744. The normalized spacial score (nSPS) is 18.4. The zero-order chi connectivity index (χ0) is 8.74. The van der Waals surface area contributed by atoms with E-state index in [1.165, 1.54) is 0 Å². The zero-order valence-corrected chi connectivity index (χ0v) is 7.82. The van der Waals surface area contributed by atoms with Gasteiger partial charge in [0.05, 0.1) is 32.7 Å². The van der Waals surface area contributed by atoms with E-state index in [0.29, 0.717) is 0 Å². The van der Waals surface area contributed by atoms with Crippen LogP contribution in [-0.4, -0.2) is 41.1 Å². The Hall–Kier alpha value is 0.160. The molecule has 0 radical (unpaired) electrons. The second kappa shape index (κ2) is 5.77. The van der Waals surface area contributed by atoms with E-state index < -0.39 is 9.05 Å². The van der Waals surface area contributed by atoms with Gasteiger partial charge in [-0.1, -0.05) is 0 Å². The Morgan fingerprint density at radius 2 is 1.27 bits per heavy atom. The van der Waals surface area contributed by atoms with Crippen LogP contribution in [0.2, 0.25) is 0 Å². The van der Waals surface area contributed by atoms with Crippen LogP contribution in [0.15, 0.2) is 0 Å². The maximum absolute atomic E-state index is 9.40. The van der Waals surface area contributed by atoms with Crippen molar-refractivity contribution < 1.29 is 17.9 Å². The number of rotatable bonds is 0. The molecule has 0 atom stereocenters. The predicted octanol–water partition coefficient (Wildman–Crippen LogP) is 0.218. The Balaban J connectivity index is 0.000000187. The van der Waals surface area contributed by atoms with Crippen molar-refractivity contribution >= 4 is 19.7 Å². The Morgan fingerprint density at radius 1 is 1.09 bits per heavy atom. The molecule has 1 fully saturated rings. The van der Waals surface area contributed by atoms with Crippen LogP contribution in [-0.2, 0) is 18.5 Å². The lowest BCUT2D eigenvalue weighted by Crippen LogP contribution is -2.16. The zero-order valence-electron chi connectivity index (χ0n) is 6.25. The van der Waals surface area contributed by atoms with Crippen LogP contribution >= 0.6 is 10.7 Å². The van der Waals surface area contributed by atoms with Crippen LogP contribution in [0.1, 0.15) is 0 Å². The number of hydrogen-bond acceptors (Lipinski definition) is 4. The molecule has 1 heterocycles. The van der Waals surface area contributed by atoms with E-state index in [1.807, 2.05) is 0 Å². The second-order valence-electron chi connectivity index (χ2n) is 1.91. The van der Waals surface area contributed by atoms with E-state index in [2.05, 4.69) is 10.7 Å². The maximum atomic E-state index is 9.40. The molecule has 1 rings (SSSR count). The summed E-state index contributed by atoms with van der Waals surface area (Å²) in [6, 6.07) is 0. The summed E-state index contributed by atoms with van der Waals surface area (Å²) < 4.78 is 28.7. The molecule has 0 aromatic heterocycles. The third kappa shape index (κ3) is 17.8. The molecule has 0 aromatic carbocycles. The average molecular weight is 203 g/mol. The van der Waals surface area contributed by atoms with E-state index >= 15 is 0 Å². The van der Waals surface area contributed by atoms with Gasteiger partial charge in [-0.3, -0.25) is 0 Å². The number of ether oxygens (including phenoxy) is 2. The highest BCUT2D eigenvalue weighted by Crippen LogP contribution is 1.85. The van der Waals surface area contributed by atoms with E-state index in [-0.39, 0.29) is 0 Å². The molecular formula is C5H11ClO4S. The number of hydrogen-bond donors (Lipinski definition) is 0. The molecule has 0 amide bonds. The third-order valence-corrected chi connectivity index (χ3v) is 0.744. The maximum Gasteiger partial charge on any atom is 0.229 e. The molecule has 1 saturated heterocycles. The van der Waals surface area contributed by atoms with Gasteiger partial charge in [-0.25, -0.2) is 8.42 Å². The predicted molar refractivity (Wildman–Crippen MR) is 42.3 cm³/mol. The van der Waals surface area contributed by atoms with Gasteiger partial charge in [0.2, 0.25) is 9.05 Å². The lowest BCUT2D eigenvalue weighted by Gasteiger charge is -2.09. The van der Waals surface area contributed by atoms with E-state index in [1.54, 1.807) is 0 Å². The molecule has 11 heavy (non-hydrogen) atoms. The molecule has 1 aliphatic rings. The van der Waals surface area contributed by atoms with Gasteiger partial charge < -0.3 is 9.47 Å². The summed E-state index contributed by atoms with van der Waals surface area (Å²) in [5.74, 6) is 0. The standard InChI is InChI=1S/C4H8O2.CH3ClO2S/c1-2-6-4-3-5-1;1-5(2,3)4/h1-4H2;1H3. The lowest BCUT2D eigenvalue weighted by molar-refractivity contribution is -0.0334. The largest absolute Gasteiger partial charge is 0.377 e. The summed E-state index contributed by atoms with van der Waals surface area (Å²) >= 11 is 0. The van der Waals surface area contributed by atoms with Crippen molar-refractivity contribution in [1.29, 1.82) is 0 Å². The van der Waals surface area contributed by atoms with Crippen LogP contribution in [0.5, 0.6) is 0 Å². The fourth-order valence-electron chi connectivity index (χ4n) is 0.440. The Morgan fingerprint density at radius 3 is 1.36 bits per heavy atom. The van der Waals surface area contributed by atoms with E-state index in [4.69, 9.17) is 9.47 Å². The summed E-state index contributed by atoms with van der Waals surface area (Å²) in [7, 11) is 1.31. The van der Waals surface area contributed by atoms with Gasteiger partial charge in [0, 0.05) is 10.7 Å². The van der Waals surface area contributed by atoms with Crippen molar-refractivity contribution in [2.45, 2.75) is 0 Å². The molecule has 0 aliphatic carbocycles. The van der Waals surface area contributed by atoms with Crippen molar-refractivity contribution in [3.05, 3.63) is 0 Å². The van der Waals surface area contributed by atoms with Crippen LogP contribution in [0.3, 0.4) is 0 Å². The molecule has 0 spiro atoms. The number of halogens is 1. The topological polar surface area (TPSA) is 52.6 Å². The van der Waals surface area contributed by atoms with Crippen molar-refractivity contribution in [2.75, 3.05) is 32.7 Å². The fourth-order valence-corrected chi connectivity index (χ4v) is 0.440. The van der Waals surface area contributed by atoms with E-state index in [0.717, 1.165) is 32.7 Å². The van der Waals surface area contributed by atoms with Crippen molar-refractivity contribution in [1.82, 2.24) is 0 Å². The van der Waals surface area contributed by atoms with Crippen LogP contribution < -0.4 is 0 Å². The molecule has 0 aromatic rings. The molecule has 0 bridgehead atoms. The summed E-state index contributed by atoms with van der Waals surface area (Å²) in [5.41, 5.74) is 0. The van der Waals surface area contributed by atoms with Gasteiger partial charge in [0.15, 0.2) is 0 Å². The summed E-state index contributed by atoms with van der Waals surface area (Å²) in [5, 5.41) is 0. The van der Waals surface area contributed by atoms with Crippen molar-refractivity contribution in [3.8, 4) is 0 Å². The first-order valence-corrected chi connectivity index (χ1v) is 5.77. The van der Waals surface area contributed by atoms with Crippen molar-refractivity contribution in [2.24, 2.45) is 0 Å². The molecule has 4 nitrogen and oxygen atoms in total. The van der Waals surface area contributed by atoms with Crippen LogP contribution in [0, 0.1) is 0 Å². The average Bonchev–Trinajstić information content (AvgIpc) is 1.88. The SMILES string of the molecule is C1COCCO1.CS(=O)(=O)Cl. The molecular weight excluding hydrogens is 192 g/mol. The Kier molecular flexibility index (Phi) is 5.85. The van der Waals surface area contributed by atoms with Gasteiger partial charge in [-0.15, -0.1) is 0 Å². The molecule has 0 N–H and O–H groups in total. The smallest absolute Gasteiger partial charge is 0.229 e. The van der Waals surface area contributed by atoms with Gasteiger partial charge in [-0.2, -0.15) is 0 Å². The molecule has 68 valence electrons. The van der Waals surface area contributed by atoms with Gasteiger partial charge in [0.1, 0.15) is 0 Å². The minimum absolute atomic E-state index is 0.778. The monoisotopic (exact) mass is 202 g/mol. The van der Waals surface area contributed by atoms with E-state index in [9.17, 15) is 8.42 Å². The van der Waals surface area contributed by atoms with Crippen molar-refractivity contribution in [3.63, 3.8) is 0 Å². The lowest BCUT2D eigenvalue weighted by atomic mass is 10.6. The highest BCUT2D eigenvalue weighted by Gasteiger charge is 1.94. The quantitative estimate of drug-likeness (QED) is 0.528.